The van der Waals surface area contributed by atoms with E-state index in [9.17, 15) is 4.79 Å². The maximum absolute atomic E-state index is 12.6. The number of methoxy groups -OCH3 is 2. The first kappa shape index (κ1) is 17.7. The van der Waals surface area contributed by atoms with Crippen LogP contribution < -0.4 is 4.74 Å². The van der Waals surface area contributed by atoms with E-state index in [2.05, 4.69) is 4.98 Å². The molecule has 0 bridgehead atoms. The molecule has 1 heterocycles. The molecule has 0 amide bonds. The van der Waals surface area contributed by atoms with Gasteiger partial charge in [0.05, 0.1) is 31.6 Å². The number of aromatic nitrogens is 2. The van der Waals surface area contributed by atoms with Gasteiger partial charge in [0.25, 0.3) is 0 Å². The standard InChI is InChI=1S/C23H18N2O3/c1-27-22-17(15-9-5-3-6-10-15)13-18-21(20(22)23(26)28-2)24-14-19(25-18)16-11-7-4-8-12-16/h3-14H,1-2H3. The minimum atomic E-state index is -0.513. The van der Waals surface area contributed by atoms with E-state index in [1.807, 2.05) is 66.7 Å². The number of hydrogen-bond donors (Lipinski definition) is 0. The third-order valence-electron chi connectivity index (χ3n) is 4.54. The maximum atomic E-state index is 12.6. The quantitative estimate of drug-likeness (QED) is 0.485. The summed E-state index contributed by atoms with van der Waals surface area (Å²) in [6, 6.07) is 21.4. The van der Waals surface area contributed by atoms with Gasteiger partial charge < -0.3 is 9.47 Å². The summed E-state index contributed by atoms with van der Waals surface area (Å²) >= 11 is 0. The van der Waals surface area contributed by atoms with E-state index in [0.29, 0.717) is 16.8 Å². The second-order valence-electron chi connectivity index (χ2n) is 6.18. The van der Waals surface area contributed by atoms with E-state index in [0.717, 1.165) is 22.4 Å². The molecule has 0 aliphatic carbocycles. The van der Waals surface area contributed by atoms with Crippen LogP contribution in [0.2, 0.25) is 0 Å². The molecule has 0 aliphatic rings. The zero-order valence-electron chi connectivity index (χ0n) is 15.5. The fourth-order valence-electron chi connectivity index (χ4n) is 3.22. The Hall–Kier alpha value is -3.73. The molecule has 28 heavy (non-hydrogen) atoms. The minimum Gasteiger partial charge on any atom is -0.495 e. The topological polar surface area (TPSA) is 61.3 Å². The first-order valence-electron chi connectivity index (χ1n) is 8.80. The summed E-state index contributed by atoms with van der Waals surface area (Å²) in [5, 5.41) is 0. The van der Waals surface area contributed by atoms with E-state index in [1.54, 1.807) is 6.20 Å². The molecule has 5 nitrogen and oxygen atoms in total. The largest absolute Gasteiger partial charge is 0.495 e. The van der Waals surface area contributed by atoms with Crippen LogP contribution in [-0.4, -0.2) is 30.2 Å². The lowest BCUT2D eigenvalue weighted by atomic mass is 9.99. The van der Waals surface area contributed by atoms with Crippen molar-refractivity contribution in [3.05, 3.63) is 78.5 Å². The summed E-state index contributed by atoms with van der Waals surface area (Å²) in [4.78, 5) is 21.9. The molecule has 0 radical (unpaired) electrons. The Morgan fingerprint density at radius 1 is 0.893 bits per heavy atom. The Kier molecular flexibility index (Phi) is 4.72. The van der Waals surface area contributed by atoms with Gasteiger partial charge in [0, 0.05) is 11.1 Å². The smallest absolute Gasteiger partial charge is 0.343 e. The highest BCUT2D eigenvalue weighted by Crippen LogP contribution is 2.38. The molecule has 1 aromatic heterocycles. The molecule has 0 atom stereocenters. The summed E-state index contributed by atoms with van der Waals surface area (Å²) in [6.45, 7) is 0. The van der Waals surface area contributed by atoms with Gasteiger partial charge in [-0.15, -0.1) is 0 Å². The average molecular weight is 370 g/mol. The molecule has 3 aromatic carbocycles. The number of carbonyl (C=O) groups excluding carboxylic acids is 1. The first-order valence-corrected chi connectivity index (χ1v) is 8.80. The van der Waals surface area contributed by atoms with E-state index in [1.165, 1.54) is 14.2 Å². The summed E-state index contributed by atoms with van der Waals surface area (Å²) in [5.74, 6) is -0.0892. The van der Waals surface area contributed by atoms with Crippen molar-refractivity contribution < 1.29 is 14.3 Å². The van der Waals surface area contributed by atoms with Crippen molar-refractivity contribution in [3.63, 3.8) is 0 Å². The first-order chi connectivity index (χ1) is 13.7. The van der Waals surface area contributed by atoms with Gasteiger partial charge in [-0.1, -0.05) is 60.7 Å². The van der Waals surface area contributed by atoms with Crippen LogP contribution in [-0.2, 0) is 4.74 Å². The van der Waals surface area contributed by atoms with Crippen molar-refractivity contribution in [1.29, 1.82) is 0 Å². The molecule has 0 aliphatic heterocycles. The van der Waals surface area contributed by atoms with Gasteiger partial charge in [0.1, 0.15) is 16.8 Å². The highest BCUT2D eigenvalue weighted by molar-refractivity contribution is 6.07. The molecule has 0 spiro atoms. The predicted molar refractivity (Wildman–Crippen MR) is 108 cm³/mol. The van der Waals surface area contributed by atoms with Gasteiger partial charge in [0.15, 0.2) is 0 Å². The monoisotopic (exact) mass is 370 g/mol. The summed E-state index contributed by atoms with van der Waals surface area (Å²) in [7, 11) is 2.88. The predicted octanol–water partition coefficient (Wildman–Crippen LogP) is 4.76. The van der Waals surface area contributed by atoms with Crippen LogP contribution in [0.25, 0.3) is 33.4 Å². The van der Waals surface area contributed by atoms with Crippen molar-refractivity contribution in [1.82, 2.24) is 9.97 Å². The van der Waals surface area contributed by atoms with Crippen LogP contribution >= 0.6 is 0 Å². The highest BCUT2D eigenvalue weighted by Gasteiger charge is 2.24. The fraction of sp³-hybridized carbons (Fsp3) is 0.0870. The second-order valence-corrected chi connectivity index (χ2v) is 6.18. The van der Waals surface area contributed by atoms with Crippen LogP contribution in [0.5, 0.6) is 5.75 Å². The zero-order valence-corrected chi connectivity index (χ0v) is 15.5. The van der Waals surface area contributed by atoms with Crippen molar-refractivity contribution in [2.75, 3.05) is 14.2 Å². The number of fused-ring (bicyclic) bond motifs is 1. The number of esters is 1. The number of nitrogens with zero attached hydrogens (tertiary/aromatic N) is 2. The van der Waals surface area contributed by atoms with Crippen molar-refractivity contribution in [2.24, 2.45) is 0 Å². The number of benzene rings is 3. The van der Waals surface area contributed by atoms with Crippen LogP contribution in [0, 0.1) is 0 Å². The summed E-state index contributed by atoms with van der Waals surface area (Å²) in [5.41, 5.74) is 4.67. The molecule has 0 unspecified atom stereocenters. The fourth-order valence-corrected chi connectivity index (χ4v) is 3.22. The van der Waals surface area contributed by atoms with Gasteiger partial charge in [-0.05, 0) is 11.6 Å². The summed E-state index contributed by atoms with van der Waals surface area (Å²) in [6.07, 6.45) is 1.66. The average Bonchev–Trinajstić information content (AvgIpc) is 2.78. The molecule has 4 aromatic rings. The van der Waals surface area contributed by atoms with Gasteiger partial charge in [-0.25, -0.2) is 9.78 Å². The third kappa shape index (κ3) is 3.07. The second kappa shape index (κ2) is 7.48. The molecule has 0 saturated heterocycles. The lowest BCUT2D eigenvalue weighted by Crippen LogP contribution is -2.08. The maximum Gasteiger partial charge on any atom is 0.343 e. The molecule has 5 heteroatoms. The highest BCUT2D eigenvalue weighted by atomic mass is 16.5. The molecular weight excluding hydrogens is 352 g/mol. The summed E-state index contributed by atoms with van der Waals surface area (Å²) < 4.78 is 10.6. The van der Waals surface area contributed by atoms with Crippen LogP contribution in [0.1, 0.15) is 10.4 Å². The lowest BCUT2D eigenvalue weighted by Gasteiger charge is -2.15. The van der Waals surface area contributed by atoms with Crippen molar-refractivity contribution in [3.8, 4) is 28.1 Å². The molecule has 138 valence electrons. The minimum absolute atomic E-state index is 0.272. The van der Waals surface area contributed by atoms with E-state index in [4.69, 9.17) is 14.5 Å². The van der Waals surface area contributed by atoms with E-state index >= 15 is 0 Å². The molecular formula is C23H18N2O3. The van der Waals surface area contributed by atoms with Gasteiger partial charge >= 0.3 is 5.97 Å². The normalized spacial score (nSPS) is 10.6. The lowest BCUT2D eigenvalue weighted by molar-refractivity contribution is 0.0599. The number of ether oxygens (including phenoxy) is 2. The number of rotatable bonds is 4. The molecule has 4 rings (SSSR count). The zero-order chi connectivity index (χ0) is 19.5. The number of hydrogen-bond acceptors (Lipinski definition) is 5. The Morgan fingerprint density at radius 2 is 1.54 bits per heavy atom. The van der Waals surface area contributed by atoms with Crippen LogP contribution in [0.4, 0.5) is 0 Å². The van der Waals surface area contributed by atoms with Gasteiger partial charge in [0.2, 0.25) is 0 Å². The van der Waals surface area contributed by atoms with Crippen molar-refractivity contribution >= 4 is 17.0 Å². The Morgan fingerprint density at radius 3 is 2.14 bits per heavy atom. The number of carbonyl (C=O) groups is 1. The Balaban J connectivity index is 2.04. The van der Waals surface area contributed by atoms with Gasteiger partial charge in [-0.3, -0.25) is 4.98 Å². The van der Waals surface area contributed by atoms with Crippen LogP contribution in [0.3, 0.4) is 0 Å². The molecule has 0 saturated carbocycles. The Labute approximate surface area is 162 Å². The van der Waals surface area contributed by atoms with E-state index < -0.39 is 5.97 Å². The third-order valence-corrected chi connectivity index (χ3v) is 4.54. The Bertz CT molecular complexity index is 1140. The van der Waals surface area contributed by atoms with E-state index in [-0.39, 0.29) is 5.56 Å². The SMILES string of the molecule is COC(=O)c1c(OC)c(-c2ccccc2)cc2nc(-c3ccccc3)cnc12. The van der Waals surface area contributed by atoms with Gasteiger partial charge in [-0.2, -0.15) is 0 Å². The van der Waals surface area contributed by atoms with Crippen molar-refractivity contribution in [2.45, 2.75) is 0 Å². The molecule has 0 fully saturated rings. The van der Waals surface area contributed by atoms with Crippen LogP contribution in [0.15, 0.2) is 72.9 Å². The molecule has 0 N–H and O–H groups in total.